The molecule has 0 aromatic heterocycles. The molecule has 1 atom stereocenters. The number of esters is 1. The van der Waals surface area contributed by atoms with Gasteiger partial charge in [-0.25, -0.2) is 0 Å². The average Bonchev–Trinajstić information content (AvgIpc) is 2.74. The van der Waals surface area contributed by atoms with Gasteiger partial charge in [0.2, 0.25) is 0 Å². The zero-order chi connectivity index (χ0) is 22.1. The second-order valence-corrected chi connectivity index (χ2v) is 7.44. The van der Waals surface area contributed by atoms with Crippen LogP contribution < -0.4 is 9.47 Å². The third-order valence-corrected chi connectivity index (χ3v) is 5.25. The van der Waals surface area contributed by atoms with Gasteiger partial charge in [-0.05, 0) is 37.5 Å². The number of hydrogen-bond donors (Lipinski definition) is 0. The molecule has 164 valence electrons. The highest BCUT2D eigenvalue weighted by atomic mass is 16.5. The first-order chi connectivity index (χ1) is 14.5. The second-order valence-electron chi connectivity index (χ2n) is 7.44. The lowest BCUT2D eigenvalue weighted by molar-refractivity contribution is -0.150. The predicted molar refractivity (Wildman–Crippen MR) is 114 cm³/mol. The molecule has 0 bridgehead atoms. The number of ketones is 2. The van der Waals surface area contributed by atoms with Crippen molar-refractivity contribution in [2.24, 2.45) is 0 Å². The zero-order valence-electron chi connectivity index (χ0n) is 18.4. The summed E-state index contributed by atoms with van der Waals surface area (Å²) in [4.78, 5) is 37.5. The first-order valence-electron chi connectivity index (χ1n) is 10.7. The molecule has 0 radical (unpaired) electrons. The van der Waals surface area contributed by atoms with E-state index < -0.39 is 6.10 Å². The van der Waals surface area contributed by atoms with Crippen molar-refractivity contribution in [2.45, 2.75) is 71.3 Å². The van der Waals surface area contributed by atoms with Gasteiger partial charge in [0.05, 0.1) is 25.3 Å². The molecule has 6 heteroatoms. The van der Waals surface area contributed by atoms with Crippen molar-refractivity contribution >= 4 is 17.5 Å². The normalized spacial score (nSPS) is 13.7. The topological polar surface area (TPSA) is 78.9 Å². The lowest BCUT2D eigenvalue weighted by Crippen LogP contribution is -2.19. The van der Waals surface area contributed by atoms with Crippen LogP contribution in [0, 0.1) is 0 Å². The number of unbranched alkanes of at least 4 members (excludes halogenated alkanes) is 4. The number of carbonyl (C=O) groups excluding carboxylic acids is 3. The van der Waals surface area contributed by atoms with Crippen molar-refractivity contribution in [3.05, 3.63) is 34.9 Å². The maximum absolute atomic E-state index is 12.6. The van der Waals surface area contributed by atoms with Crippen LogP contribution in [0.3, 0.4) is 0 Å². The molecule has 30 heavy (non-hydrogen) atoms. The molecule has 0 N–H and O–H groups in total. The molecule has 0 heterocycles. The number of rotatable bonds is 12. The quantitative estimate of drug-likeness (QED) is 0.336. The van der Waals surface area contributed by atoms with Crippen molar-refractivity contribution < 1.29 is 28.6 Å². The first-order valence-corrected chi connectivity index (χ1v) is 10.7. The van der Waals surface area contributed by atoms with Crippen LogP contribution in [0.5, 0.6) is 11.5 Å². The molecule has 1 aromatic carbocycles. The first kappa shape index (κ1) is 23.6. The molecule has 0 saturated carbocycles. The smallest absolute Gasteiger partial charge is 0.306 e. The number of fused-ring (bicyclic) bond motifs is 1. The molecule has 1 aliphatic carbocycles. The Bertz CT molecular complexity index is 808. The van der Waals surface area contributed by atoms with E-state index in [-0.39, 0.29) is 40.2 Å². The van der Waals surface area contributed by atoms with Crippen molar-refractivity contribution in [2.75, 3.05) is 14.2 Å². The van der Waals surface area contributed by atoms with Gasteiger partial charge in [-0.2, -0.15) is 0 Å². The van der Waals surface area contributed by atoms with Crippen molar-refractivity contribution in [1.82, 2.24) is 0 Å². The van der Waals surface area contributed by atoms with Crippen LogP contribution in [-0.2, 0) is 9.53 Å². The molecule has 1 aromatic rings. The third kappa shape index (κ3) is 5.49. The minimum atomic E-state index is -0.575. The summed E-state index contributed by atoms with van der Waals surface area (Å²) >= 11 is 0. The van der Waals surface area contributed by atoms with Gasteiger partial charge in [-0.15, -0.1) is 0 Å². The number of allylic oxidation sites excluding steroid dienone is 2. The molecule has 0 fully saturated rings. The Labute approximate surface area is 178 Å². The van der Waals surface area contributed by atoms with Crippen molar-refractivity contribution in [3.8, 4) is 11.5 Å². The number of ether oxygens (including phenoxy) is 3. The highest BCUT2D eigenvalue weighted by Crippen LogP contribution is 2.42. The Balaban J connectivity index is 2.48. The van der Waals surface area contributed by atoms with Gasteiger partial charge in [0.1, 0.15) is 17.6 Å². The molecule has 1 unspecified atom stereocenters. The minimum Gasteiger partial charge on any atom is -0.496 e. The van der Waals surface area contributed by atoms with Crippen molar-refractivity contribution in [1.29, 1.82) is 0 Å². The predicted octanol–water partition coefficient (Wildman–Crippen LogP) is 5.38. The van der Waals surface area contributed by atoms with Crippen LogP contribution in [0.1, 0.15) is 97.6 Å². The molecule has 0 spiro atoms. The highest BCUT2D eigenvalue weighted by Gasteiger charge is 2.33. The van der Waals surface area contributed by atoms with Crippen LogP contribution in [0.2, 0.25) is 0 Å². The van der Waals surface area contributed by atoms with Crippen LogP contribution >= 0.6 is 0 Å². The number of benzene rings is 1. The summed E-state index contributed by atoms with van der Waals surface area (Å²) in [6, 6.07) is 1.66. The van der Waals surface area contributed by atoms with Gasteiger partial charge in [0, 0.05) is 12.0 Å². The Morgan fingerprint density at radius 1 is 0.900 bits per heavy atom. The summed E-state index contributed by atoms with van der Waals surface area (Å²) in [6.07, 6.45) is 8.49. The monoisotopic (exact) mass is 416 g/mol. The van der Waals surface area contributed by atoms with E-state index in [0.29, 0.717) is 18.4 Å². The van der Waals surface area contributed by atoms with E-state index in [1.165, 1.54) is 26.4 Å². The summed E-state index contributed by atoms with van der Waals surface area (Å²) in [5.41, 5.74) is 0.915. The van der Waals surface area contributed by atoms with Crippen LogP contribution in [0.4, 0.5) is 0 Å². The van der Waals surface area contributed by atoms with E-state index in [1.54, 1.807) is 6.07 Å². The Kier molecular flexibility index (Phi) is 9.09. The van der Waals surface area contributed by atoms with Gasteiger partial charge in [-0.1, -0.05) is 39.5 Å². The summed E-state index contributed by atoms with van der Waals surface area (Å²) in [5, 5.41) is 0. The standard InChI is InChI=1S/C24H32O6/c1-5-7-9-11-19(30-21(27)12-10-8-6-2)16-15-20(28-3)22-17(25)13-14-18(26)23(22)24(16)29-4/h13-15,19H,5-12H2,1-4H3. The Morgan fingerprint density at radius 2 is 1.53 bits per heavy atom. The maximum Gasteiger partial charge on any atom is 0.306 e. The number of methoxy groups -OCH3 is 2. The molecule has 1 aliphatic rings. The van der Waals surface area contributed by atoms with Gasteiger partial charge >= 0.3 is 5.97 Å². The molecule has 0 aliphatic heterocycles. The van der Waals surface area contributed by atoms with E-state index in [0.717, 1.165) is 38.5 Å². The molecule has 0 saturated heterocycles. The van der Waals surface area contributed by atoms with Gasteiger partial charge < -0.3 is 14.2 Å². The summed E-state index contributed by atoms with van der Waals surface area (Å²) in [6.45, 7) is 4.18. The fourth-order valence-electron chi connectivity index (χ4n) is 3.67. The second kappa shape index (κ2) is 11.5. The largest absolute Gasteiger partial charge is 0.496 e. The Hall–Kier alpha value is -2.63. The average molecular weight is 417 g/mol. The van der Waals surface area contributed by atoms with E-state index in [1.807, 2.05) is 0 Å². The highest BCUT2D eigenvalue weighted by molar-refractivity contribution is 6.24. The van der Waals surface area contributed by atoms with Crippen LogP contribution in [-0.4, -0.2) is 31.8 Å². The molecular formula is C24H32O6. The number of carbonyl (C=O) groups is 3. The van der Waals surface area contributed by atoms with Gasteiger partial charge in [0.25, 0.3) is 0 Å². The molecule has 2 rings (SSSR count). The molecule has 6 nitrogen and oxygen atoms in total. The third-order valence-electron chi connectivity index (χ3n) is 5.25. The van der Waals surface area contributed by atoms with Crippen LogP contribution in [0.15, 0.2) is 18.2 Å². The van der Waals surface area contributed by atoms with Crippen LogP contribution in [0.25, 0.3) is 0 Å². The fraction of sp³-hybridized carbons (Fsp3) is 0.542. The zero-order valence-corrected chi connectivity index (χ0v) is 18.4. The maximum atomic E-state index is 12.6. The summed E-state index contributed by atoms with van der Waals surface area (Å²) < 4.78 is 16.8. The van der Waals surface area contributed by atoms with E-state index in [9.17, 15) is 14.4 Å². The minimum absolute atomic E-state index is 0.168. The summed E-state index contributed by atoms with van der Waals surface area (Å²) in [5.74, 6) is -0.359. The fourth-order valence-corrected chi connectivity index (χ4v) is 3.67. The van der Waals surface area contributed by atoms with Crippen molar-refractivity contribution in [3.63, 3.8) is 0 Å². The van der Waals surface area contributed by atoms with E-state index >= 15 is 0 Å². The van der Waals surface area contributed by atoms with Gasteiger partial charge in [-0.3, -0.25) is 14.4 Å². The molecule has 0 amide bonds. The lowest BCUT2D eigenvalue weighted by Gasteiger charge is -2.25. The van der Waals surface area contributed by atoms with E-state index in [4.69, 9.17) is 14.2 Å². The number of hydrogen-bond acceptors (Lipinski definition) is 6. The lowest BCUT2D eigenvalue weighted by atomic mass is 9.88. The Morgan fingerprint density at radius 3 is 2.13 bits per heavy atom. The summed E-state index contributed by atoms with van der Waals surface area (Å²) in [7, 11) is 2.90. The van der Waals surface area contributed by atoms with E-state index in [2.05, 4.69) is 13.8 Å². The molecular weight excluding hydrogens is 384 g/mol. The van der Waals surface area contributed by atoms with Gasteiger partial charge in [0.15, 0.2) is 11.6 Å². The SMILES string of the molecule is CCCCCC(=O)OC(CCCCC)c1cc(OC)c2c(c1OC)C(=O)C=CC2=O.